The number of furan rings is 1. The van der Waals surface area contributed by atoms with Crippen LogP contribution >= 0.6 is 27.5 Å². The first kappa shape index (κ1) is 18.7. The van der Waals surface area contributed by atoms with Crippen LogP contribution in [-0.4, -0.2) is 32.0 Å². The van der Waals surface area contributed by atoms with Crippen LogP contribution in [0.5, 0.6) is 0 Å². The van der Waals surface area contributed by atoms with Gasteiger partial charge in [0.05, 0.1) is 33.6 Å². The molecule has 3 aromatic heterocycles. The lowest BCUT2D eigenvalue weighted by Crippen LogP contribution is -2.24. The van der Waals surface area contributed by atoms with Crippen molar-refractivity contribution >= 4 is 33.4 Å². The van der Waals surface area contributed by atoms with E-state index in [1.807, 2.05) is 24.7 Å². The van der Waals surface area contributed by atoms with Crippen molar-refractivity contribution < 1.29 is 9.21 Å². The van der Waals surface area contributed by atoms with Crippen LogP contribution in [0.25, 0.3) is 0 Å². The molecule has 26 heavy (non-hydrogen) atoms. The first-order valence-electron chi connectivity index (χ1n) is 8.18. The molecule has 0 unspecified atom stereocenters. The summed E-state index contributed by atoms with van der Waals surface area (Å²) in [5, 5.41) is 12.0. The molecular formula is C17H19BrClN5O2. The zero-order valence-corrected chi connectivity index (χ0v) is 16.8. The summed E-state index contributed by atoms with van der Waals surface area (Å²) in [6.07, 6.45) is 4.41. The number of nitrogens with one attached hydrogen (secondary N) is 1. The van der Waals surface area contributed by atoms with Gasteiger partial charge in [0, 0.05) is 19.3 Å². The Labute approximate surface area is 164 Å². The van der Waals surface area contributed by atoms with Gasteiger partial charge in [-0.25, -0.2) is 0 Å². The molecule has 0 atom stereocenters. The molecule has 9 heteroatoms. The van der Waals surface area contributed by atoms with Crippen LogP contribution in [0.4, 0.5) is 0 Å². The number of halogens is 2. The van der Waals surface area contributed by atoms with Crippen LogP contribution in [-0.2, 0) is 13.1 Å². The van der Waals surface area contributed by atoms with Gasteiger partial charge in [-0.05, 0) is 48.3 Å². The van der Waals surface area contributed by atoms with Crippen LogP contribution < -0.4 is 5.32 Å². The van der Waals surface area contributed by atoms with Gasteiger partial charge >= 0.3 is 0 Å². The molecular weight excluding hydrogens is 422 g/mol. The van der Waals surface area contributed by atoms with E-state index in [9.17, 15) is 4.79 Å². The van der Waals surface area contributed by atoms with Crippen molar-refractivity contribution in [3.63, 3.8) is 0 Å². The van der Waals surface area contributed by atoms with E-state index in [1.165, 1.54) is 0 Å². The Morgan fingerprint density at radius 3 is 2.85 bits per heavy atom. The number of hydrogen-bond acceptors (Lipinski definition) is 4. The summed E-state index contributed by atoms with van der Waals surface area (Å²) in [7, 11) is 0. The first-order valence-corrected chi connectivity index (χ1v) is 9.35. The Morgan fingerprint density at radius 1 is 1.38 bits per heavy atom. The third-order valence-electron chi connectivity index (χ3n) is 3.94. The number of carbonyl (C=O) groups is 1. The Morgan fingerprint density at radius 2 is 2.19 bits per heavy atom. The van der Waals surface area contributed by atoms with E-state index in [-0.39, 0.29) is 11.7 Å². The van der Waals surface area contributed by atoms with Gasteiger partial charge in [0.25, 0.3) is 5.91 Å². The molecule has 0 saturated heterocycles. The van der Waals surface area contributed by atoms with Gasteiger partial charge in [0.15, 0.2) is 5.76 Å². The molecule has 0 bridgehead atoms. The third kappa shape index (κ3) is 4.37. The summed E-state index contributed by atoms with van der Waals surface area (Å²) in [4.78, 5) is 12.2. The monoisotopic (exact) mass is 439 g/mol. The van der Waals surface area contributed by atoms with Gasteiger partial charge in [0.1, 0.15) is 5.76 Å². The van der Waals surface area contributed by atoms with Crippen LogP contribution in [0.1, 0.15) is 34.1 Å². The second-order valence-electron chi connectivity index (χ2n) is 5.94. The largest absolute Gasteiger partial charge is 0.454 e. The average molecular weight is 441 g/mol. The van der Waals surface area contributed by atoms with Gasteiger partial charge in [-0.15, -0.1) is 0 Å². The minimum Gasteiger partial charge on any atom is -0.454 e. The van der Waals surface area contributed by atoms with E-state index < -0.39 is 0 Å². The Balaban J connectivity index is 1.50. The molecule has 0 aromatic carbocycles. The normalized spacial score (nSPS) is 11.1. The number of carbonyl (C=O) groups excluding carboxylic acids is 1. The highest BCUT2D eigenvalue weighted by molar-refractivity contribution is 9.10. The molecule has 0 aliphatic heterocycles. The summed E-state index contributed by atoms with van der Waals surface area (Å²) in [6, 6.07) is 3.45. The predicted octanol–water partition coefficient (Wildman–Crippen LogP) is 3.57. The lowest BCUT2D eigenvalue weighted by Gasteiger charge is -2.04. The lowest BCUT2D eigenvalue weighted by atomic mass is 10.3. The van der Waals surface area contributed by atoms with Gasteiger partial charge in [-0.1, -0.05) is 11.6 Å². The number of aromatic nitrogens is 4. The highest BCUT2D eigenvalue weighted by Crippen LogP contribution is 2.20. The fraction of sp³-hybridized carbons (Fsp3) is 0.353. The maximum atomic E-state index is 12.2. The zero-order valence-electron chi connectivity index (χ0n) is 14.5. The van der Waals surface area contributed by atoms with Gasteiger partial charge < -0.3 is 9.73 Å². The van der Waals surface area contributed by atoms with Gasteiger partial charge in [-0.3, -0.25) is 14.2 Å². The molecule has 7 nitrogen and oxygen atoms in total. The molecule has 1 amide bonds. The molecule has 138 valence electrons. The lowest BCUT2D eigenvalue weighted by molar-refractivity contribution is 0.0923. The first-order chi connectivity index (χ1) is 12.4. The van der Waals surface area contributed by atoms with Crippen molar-refractivity contribution in [3.8, 4) is 0 Å². The second-order valence-corrected chi connectivity index (χ2v) is 7.23. The highest BCUT2D eigenvalue weighted by Gasteiger charge is 2.14. The molecule has 0 aliphatic carbocycles. The molecule has 3 rings (SSSR count). The minimum atomic E-state index is -0.232. The van der Waals surface area contributed by atoms with Crippen LogP contribution in [0, 0.1) is 13.8 Å². The standard InChI is InChI=1S/C17H19BrClN5O2/c1-11-16(19)12(2)24(22-11)10-14-4-5-15(26-14)17(25)20-6-3-7-23-9-13(18)8-21-23/h4-5,8-9H,3,6-7,10H2,1-2H3,(H,20,25). The van der Waals surface area contributed by atoms with Crippen molar-refractivity contribution in [1.82, 2.24) is 24.9 Å². The van der Waals surface area contributed by atoms with Crippen molar-refractivity contribution in [2.45, 2.75) is 33.4 Å². The summed E-state index contributed by atoms with van der Waals surface area (Å²) in [6.45, 7) is 5.46. The summed E-state index contributed by atoms with van der Waals surface area (Å²) in [5.41, 5.74) is 1.65. The highest BCUT2D eigenvalue weighted by atomic mass is 79.9. The molecule has 0 fully saturated rings. The third-order valence-corrected chi connectivity index (χ3v) is 4.89. The zero-order chi connectivity index (χ0) is 18.7. The Bertz CT molecular complexity index is 914. The minimum absolute atomic E-state index is 0.232. The molecule has 0 aliphatic rings. The maximum absolute atomic E-state index is 12.2. The second kappa shape index (κ2) is 8.09. The van der Waals surface area contributed by atoms with Crippen LogP contribution in [0.3, 0.4) is 0 Å². The number of aryl methyl sites for hydroxylation is 2. The van der Waals surface area contributed by atoms with E-state index in [1.54, 1.807) is 23.0 Å². The summed E-state index contributed by atoms with van der Waals surface area (Å²) < 4.78 is 10.2. The molecule has 3 heterocycles. The SMILES string of the molecule is Cc1nn(Cc2ccc(C(=O)NCCCn3cc(Br)cn3)o2)c(C)c1Cl. The average Bonchev–Trinajstić information content (AvgIpc) is 3.30. The quantitative estimate of drug-likeness (QED) is 0.570. The van der Waals surface area contributed by atoms with Crippen LogP contribution in [0.2, 0.25) is 5.02 Å². The molecule has 3 aromatic rings. The molecule has 1 N–H and O–H groups in total. The number of nitrogens with zero attached hydrogens (tertiary/aromatic N) is 4. The summed E-state index contributed by atoms with van der Waals surface area (Å²) >= 11 is 9.50. The van der Waals surface area contributed by atoms with Gasteiger partial charge in [0.2, 0.25) is 0 Å². The number of rotatable bonds is 7. The fourth-order valence-electron chi connectivity index (χ4n) is 2.55. The van der Waals surface area contributed by atoms with E-state index in [2.05, 4.69) is 31.4 Å². The number of hydrogen-bond donors (Lipinski definition) is 1. The van der Waals surface area contributed by atoms with Crippen molar-refractivity contribution in [3.05, 3.63) is 56.9 Å². The Hall–Kier alpha value is -2.06. The Kier molecular flexibility index (Phi) is 5.83. The fourth-order valence-corrected chi connectivity index (χ4v) is 3.02. The van der Waals surface area contributed by atoms with Crippen LogP contribution in [0.15, 0.2) is 33.4 Å². The van der Waals surface area contributed by atoms with Crippen molar-refractivity contribution in [1.29, 1.82) is 0 Å². The van der Waals surface area contributed by atoms with E-state index >= 15 is 0 Å². The smallest absolute Gasteiger partial charge is 0.286 e. The van der Waals surface area contributed by atoms with Crippen molar-refractivity contribution in [2.24, 2.45) is 0 Å². The predicted molar refractivity (Wildman–Crippen MR) is 101 cm³/mol. The molecule has 0 spiro atoms. The summed E-state index contributed by atoms with van der Waals surface area (Å²) in [5.74, 6) is 0.706. The molecule has 0 radical (unpaired) electrons. The number of amides is 1. The topological polar surface area (TPSA) is 77.9 Å². The van der Waals surface area contributed by atoms with E-state index in [0.717, 1.165) is 28.8 Å². The molecule has 0 saturated carbocycles. The van der Waals surface area contributed by atoms with Gasteiger partial charge in [-0.2, -0.15) is 10.2 Å². The van der Waals surface area contributed by atoms with E-state index in [0.29, 0.717) is 23.9 Å². The maximum Gasteiger partial charge on any atom is 0.286 e. The van der Waals surface area contributed by atoms with E-state index in [4.69, 9.17) is 16.0 Å². The van der Waals surface area contributed by atoms with Crippen molar-refractivity contribution in [2.75, 3.05) is 6.54 Å².